The molecule has 3 rings (SSSR count). The molecule has 0 aromatic heterocycles. The summed E-state index contributed by atoms with van der Waals surface area (Å²) in [6, 6.07) is 0. The second-order valence-electron chi connectivity index (χ2n) is 5.46. The molecular weight excluding hydrogens is 220 g/mol. The van der Waals surface area contributed by atoms with Crippen LogP contribution in [0.25, 0.3) is 0 Å². The van der Waals surface area contributed by atoms with Crippen molar-refractivity contribution in [2.24, 2.45) is 5.41 Å². The molecule has 0 aromatic carbocycles. The molecule has 2 atom stereocenters. The number of rotatable bonds is 1. The van der Waals surface area contributed by atoms with Crippen molar-refractivity contribution in [2.75, 3.05) is 26.2 Å². The Labute approximate surface area is 100 Å². The van der Waals surface area contributed by atoms with Gasteiger partial charge in [-0.1, -0.05) is 0 Å². The van der Waals surface area contributed by atoms with E-state index in [1.807, 2.05) is 4.90 Å². The zero-order valence-electron chi connectivity index (χ0n) is 9.91. The lowest BCUT2D eigenvalue weighted by atomic mass is 9.86. The molecule has 1 N–H and O–H groups in total. The molecule has 0 saturated carbocycles. The van der Waals surface area contributed by atoms with Crippen molar-refractivity contribution in [2.45, 2.75) is 31.8 Å². The lowest BCUT2D eigenvalue weighted by Gasteiger charge is -2.23. The maximum atomic E-state index is 12.2. The molecule has 3 heterocycles. The van der Waals surface area contributed by atoms with Gasteiger partial charge in [-0.05, 0) is 19.3 Å². The van der Waals surface area contributed by atoms with Crippen molar-refractivity contribution in [3.05, 3.63) is 0 Å². The Morgan fingerprint density at radius 2 is 2.41 bits per heavy atom. The SMILES string of the molecule is O=C1CC2(CCN(C(=O)C3CCCO3)C2)CN1. The third-order valence-electron chi connectivity index (χ3n) is 4.15. The minimum absolute atomic E-state index is 0.00531. The number of ether oxygens (including phenoxy) is 1. The standard InChI is InChI=1S/C12H18N2O3/c15-10-6-12(7-13-10)3-4-14(8-12)11(16)9-2-1-5-17-9/h9H,1-8H2,(H,13,15). The fourth-order valence-electron chi connectivity index (χ4n) is 3.14. The average Bonchev–Trinajstić information content (AvgIpc) is 3.02. The van der Waals surface area contributed by atoms with E-state index in [4.69, 9.17) is 4.74 Å². The van der Waals surface area contributed by atoms with E-state index in [0.717, 1.165) is 32.4 Å². The van der Waals surface area contributed by atoms with Crippen LogP contribution in [0.3, 0.4) is 0 Å². The smallest absolute Gasteiger partial charge is 0.251 e. The van der Waals surface area contributed by atoms with Gasteiger partial charge in [0.2, 0.25) is 5.91 Å². The Morgan fingerprint density at radius 1 is 1.53 bits per heavy atom. The number of hydrogen-bond acceptors (Lipinski definition) is 3. The van der Waals surface area contributed by atoms with E-state index < -0.39 is 0 Å². The summed E-state index contributed by atoms with van der Waals surface area (Å²) in [5.74, 6) is 0.245. The second-order valence-corrected chi connectivity index (χ2v) is 5.46. The number of amides is 2. The molecule has 2 amide bonds. The summed E-state index contributed by atoms with van der Waals surface area (Å²) in [6.45, 7) is 2.91. The van der Waals surface area contributed by atoms with Crippen LogP contribution >= 0.6 is 0 Å². The maximum Gasteiger partial charge on any atom is 0.251 e. The topological polar surface area (TPSA) is 58.6 Å². The highest BCUT2D eigenvalue weighted by atomic mass is 16.5. The van der Waals surface area contributed by atoms with Gasteiger partial charge >= 0.3 is 0 Å². The first-order valence-electron chi connectivity index (χ1n) is 6.36. The molecule has 0 aliphatic carbocycles. The second kappa shape index (κ2) is 3.98. The van der Waals surface area contributed by atoms with Gasteiger partial charge in [-0.3, -0.25) is 9.59 Å². The normalized spacial score (nSPS) is 36.8. The average molecular weight is 238 g/mol. The van der Waals surface area contributed by atoms with E-state index in [-0.39, 0.29) is 23.3 Å². The molecule has 3 fully saturated rings. The summed E-state index contributed by atoms with van der Waals surface area (Å²) in [4.78, 5) is 25.3. The van der Waals surface area contributed by atoms with Crippen molar-refractivity contribution in [1.29, 1.82) is 0 Å². The van der Waals surface area contributed by atoms with Gasteiger partial charge in [0.05, 0.1) is 0 Å². The Hall–Kier alpha value is -1.10. The summed E-state index contributed by atoms with van der Waals surface area (Å²) in [5.41, 5.74) is 0.00531. The van der Waals surface area contributed by atoms with Crippen molar-refractivity contribution in [1.82, 2.24) is 10.2 Å². The van der Waals surface area contributed by atoms with E-state index in [1.165, 1.54) is 0 Å². The van der Waals surface area contributed by atoms with Gasteiger partial charge in [0.15, 0.2) is 0 Å². The van der Waals surface area contributed by atoms with Gasteiger partial charge in [0.25, 0.3) is 5.91 Å². The van der Waals surface area contributed by atoms with Crippen molar-refractivity contribution < 1.29 is 14.3 Å². The number of hydrogen-bond donors (Lipinski definition) is 1. The zero-order valence-corrected chi connectivity index (χ0v) is 9.91. The maximum absolute atomic E-state index is 12.2. The summed E-state index contributed by atoms with van der Waals surface area (Å²) >= 11 is 0. The number of likely N-dealkylation sites (tertiary alicyclic amines) is 1. The summed E-state index contributed by atoms with van der Waals surface area (Å²) in [7, 11) is 0. The Bertz CT molecular complexity index is 352. The highest BCUT2D eigenvalue weighted by Gasteiger charge is 2.46. The molecule has 17 heavy (non-hydrogen) atoms. The predicted molar refractivity (Wildman–Crippen MR) is 60.2 cm³/mol. The Kier molecular flexibility index (Phi) is 2.58. The van der Waals surface area contributed by atoms with Gasteiger partial charge in [0, 0.05) is 38.1 Å². The van der Waals surface area contributed by atoms with Gasteiger partial charge in [-0.25, -0.2) is 0 Å². The first-order valence-corrected chi connectivity index (χ1v) is 6.36. The molecule has 3 saturated heterocycles. The van der Waals surface area contributed by atoms with Crippen molar-refractivity contribution >= 4 is 11.8 Å². The van der Waals surface area contributed by atoms with Crippen LogP contribution in [0, 0.1) is 5.41 Å². The predicted octanol–water partition coefficient (Wildman–Crippen LogP) is -0.0960. The first-order chi connectivity index (χ1) is 8.19. The van der Waals surface area contributed by atoms with E-state index in [1.54, 1.807) is 0 Å². The monoisotopic (exact) mass is 238 g/mol. The molecule has 5 heteroatoms. The molecule has 94 valence electrons. The molecule has 0 radical (unpaired) electrons. The Morgan fingerprint density at radius 3 is 3.06 bits per heavy atom. The number of nitrogens with zero attached hydrogens (tertiary/aromatic N) is 1. The fraction of sp³-hybridized carbons (Fsp3) is 0.833. The summed E-state index contributed by atoms with van der Waals surface area (Å²) in [5, 5.41) is 2.87. The summed E-state index contributed by atoms with van der Waals surface area (Å²) < 4.78 is 5.43. The Balaban J connectivity index is 1.63. The zero-order chi connectivity index (χ0) is 11.9. The van der Waals surface area contributed by atoms with Crippen LogP contribution in [-0.4, -0.2) is 49.1 Å². The van der Waals surface area contributed by atoms with Crippen molar-refractivity contribution in [3.8, 4) is 0 Å². The lowest BCUT2D eigenvalue weighted by molar-refractivity contribution is -0.140. The minimum atomic E-state index is -0.227. The van der Waals surface area contributed by atoms with Crippen LogP contribution in [0.4, 0.5) is 0 Å². The molecule has 5 nitrogen and oxygen atoms in total. The van der Waals surface area contributed by atoms with Crippen LogP contribution in [-0.2, 0) is 14.3 Å². The lowest BCUT2D eigenvalue weighted by Crippen LogP contribution is -2.39. The van der Waals surface area contributed by atoms with Gasteiger partial charge in [-0.2, -0.15) is 0 Å². The van der Waals surface area contributed by atoms with Crippen LogP contribution in [0.15, 0.2) is 0 Å². The summed E-state index contributed by atoms with van der Waals surface area (Å²) in [6.07, 6.45) is 3.11. The number of nitrogens with one attached hydrogen (secondary N) is 1. The molecular formula is C12H18N2O3. The highest BCUT2D eigenvalue weighted by molar-refractivity contribution is 5.83. The van der Waals surface area contributed by atoms with E-state index in [9.17, 15) is 9.59 Å². The molecule has 2 unspecified atom stereocenters. The molecule has 0 bridgehead atoms. The van der Waals surface area contributed by atoms with Crippen LogP contribution in [0.1, 0.15) is 25.7 Å². The molecule has 3 aliphatic rings. The number of carbonyl (C=O) groups excluding carboxylic acids is 2. The third-order valence-corrected chi connectivity index (χ3v) is 4.15. The van der Waals surface area contributed by atoms with Gasteiger partial charge in [0.1, 0.15) is 6.10 Å². The molecule has 1 spiro atoms. The molecule has 3 aliphatic heterocycles. The van der Waals surface area contributed by atoms with Crippen LogP contribution in [0.2, 0.25) is 0 Å². The van der Waals surface area contributed by atoms with Gasteiger partial charge < -0.3 is 15.0 Å². The first kappa shape index (κ1) is 11.0. The fourth-order valence-corrected chi connectivity index (χ4v) is 3.14. The minimum Gasteiger partial charge on any atom is -0.368 e. The quantitative estimate of drug-likeness (QED) is 0.694. The molecule has 0 aromatic rings. The largest absolute Gasteiger partial charge is 0.368 e. The van der Waals surface area contributed by atoms with E-state index in [0.29, 0.717) is 19.6 Å². The van der Waals surface area contributed by atoms with E-state index in [2.05, 4.69) is 5.32 Å². The van der Waals surface area contributed by atoms with Gasteiger partial charge in [-0.15, -0.1) is 0 Å². The highest BCUT2D eigenvalue weighted by Crippen LogP contribution is 2.37. The van der Waals surface area contributed by atoms with Crippen molar-refractivity contribution in [3.63, 3.8) is 0 Å². The van der Waals surface area contributed by atoms with Crippen LogP contribution in [0.5, 0.6) is 0 Å². The van der Waals surface area contributed by atoms with E-state index >= 15 is 0 Å². The van der Waals surface area contributed by atoms with Crippen LogP contribution < -0.4 is 5.32 Å². The number of carbonyl (C=O) groups is 2. The third kappa shape index (κ3) is 1.92.